The Balaban J connectivity index is 2.14. The topological polar surface area (TPSA) is 46.5 Å². The summed E-state index contributed by atoms with van der Waals surface area (Å²) in [6.45, 7) is 4.20. The smallest absolute Gasteiger partial charge is 0.303 e. The summed E-state index contributed by atoms with van der Waals surface area (Å²) in [6.07, 6.45) is 3.71. The molecule has 0 spiro atoms. The molecule has 0 saturated carbocycles. The minimum absolute atomic E-state index is 0.115. The average molecular weight is 248 g/mol. The molecular formula is C15H20O3. The highest BCUT2D eigenvalue weighted by atomic mass is 16.5. The van der Waals surface area contributed by atoms with E-state index in [4.69, 9.17) is 9.84 Å². The van der Waals surface area contributed by atoms with Crippen LogP contribution in [0.3, 0.4) is 0 Å². The van der Waals surface area contributed by atoms with Crippen LogP contribution in [0.1, 0.15) is 44.2 Å². The Hall–Kier alpha value is -1.51. The van der Waals surface area contributed by atoms with Crippen molar-refractivity contribution in [2.45, 2.75) is 51.6 Å². The molecule has 1 aromatic rings. The maximum atomic E-state index is 10.6. The van der Waals surface area contributed by atoms with Gasteiger partial charge < -0.3 is 9.84 Å². The van der Waals surface area contributed by atoms with Crippen LogP contribution in [0.25, 0.3) is 0 Å². The SMILES string of the molecule is CC1(C)CCc2cccc(CCCC(=O)O)c2O1. The number of hydrogen-bond donors (Lipinski definition) is 1. The van der Waals surface area contributed by atoms with Crippen molar-refractivity contribution in [2.75, 3.05) is 0 Å². The molecule has 0 saturated heterocycles. The van der Waals surface area contributed by atoms with Gasteiger partial charge in [0, 0.05) is 6.42 Å². The zero-order valence-corrected chi connectivity index (χ0v) is 11.0. The normalized spacial score (nSPS) is 16.8. The van der Waals surface area contributed by atoms with Crippen LogP contribution in [0, 0.1) is 0 Å². The van der Waals surface area contributed by atoms with Crippen LogP contribution in [-0.4, -0.2) is 16.7 Å². The number of fused-ring (bicyclic) bond motifs is 1. The van der Waals surface area contributed by atoms with E-state index in [0.717, 1.165) is 30.6 Å². The molecule has 3 nitrogen and oxygen atoms in total. The number of carboxylic acids is 1. The van der Waals surface area contributed by atoms with E-state index in [2.05, 4.69) is 19.9 Å². The zero-order chi connectivity index (χ0) is 13.2. The van der Waals surface area contributed by atoms with Gasteiger partial charge in [0.15, 0.2) is 0 Å². The summed E-state index contributed by atoms with van der Waals surface area (Å²) in [5.41, 5.74) is 2.28. The summed E-state index contributed by atoms with van der Waals surface area (Å²) in [7, 11) is 0. The number of aryl methyl sites for hydroxylation is 2. The Morgan fingerprint density at radius 3 is 2.94 bits per heavy atom. The van der Waals surface area contributed by atoms with Crippen LogP contribution in [0.2, 0.25) is 0 Å². The molecule has 0 atom stereocenters. The van der Waals surface area contributed by atoms with Crippen molar-refractivity contribution in [1.82, 2.24) is 0 Å². The number of aliphatic carboxylic acids is 1. The lowest BCUT2D eigenvalue weighted by Gasteiger charge is -2.34. The van der Waals surface area contributed by atoms with Crippen LogP contribution >= 0.6 is 0 Å². The van der Waals surface area contributed by atoms with Gasteiger partial charge in [0.2, 0.25) is 0 Å². The molecule has 1 heterocycles. The van der Waals surface area contributed by atoms with Crippen molar-refractivity contribution >= 4 is 5.97 Å². The quantitative estimate of drug-likeness (QED) is 0.890. The predicted molar refractivity (Wildman–Crippen MR) is 70.0 cm³/mol. The Labute approximate surface area is 108 Å². The first-order valence-electron chi connectivity index (χ1n) is 6.49. The highest BCUT2D eigenvalue weighted by Gasteiger charge is 2.27. The van der Waals surface area contributed by atoms with E-state index in [1.165, 1.54) is 5.56 Å². The molecule has 2 rings (SSSR count). The first-order chi connectivity index (χ1) is 8.48. The van der Waals surface area contributed by atoms with Crippen molar-refractivity contribution in [2.24, 2.45) is 0 Å². The fraction of sp³-hybridized carbons (Fsp3) is 0.533. The van der Waals surface area contributed by atoms with Crippen LogP contribution < -0.4 is 4.74 Å². The second-order valence-electron chi connectivity index (χ2n) is 5.51. The van der Waals surface area contributed by atoms with Gasteiger partial charge in [-0.3, -0.25) is 4.79 Å². The van der Waals surface area contributed by atoms with Gasteiger partial charge >= 0.3 is 5.97 Å². The summed E-state index contributed by atoms with van der Waals surface area (Å²) < 4.78 is 6.06. The van der Waals surface area contributed by atoms with Gasteiger partial charge in [-0.1, -0.05) is 18.2 Å². The maximum Gasteiger partial charge on any atom is 0.303 e. The highest BCUT2D eigenvalue weighted by Crippen LogP contribution is 2.36. The number of para-hydroxylation sites is 1. The number of benzene rings is 1. The third-order valence-corrected chi connectivity index (χ3v) is 3.39. The summed E-state index contributed by atoms with van der Waals surface area (Å²) in [5, 5.41) is 8.68. The van der Waals surface area contributed by atoms with E-state index in [-0.39, 0.29) is 12.0 Å². The number of carbonyl (C=O) groups is 1. The monoisotopic (exact) mass is 248 g/mol. The minimum Gasteiger partial charge on any atom is -0.487 e. The van der Waals surface area contributed by atoms with E-state index >= 15 is 0 Å². The van der Waals surface area contributed by atoms with Gasteiger partial charge in [-0.15, -0.1) is 0 Å². The second kappa shape index (κ2) is 5.01. The molecule has 18 heavy (non-hydrogen) atoms. The fourth-order valence-corrected chi connectivity index (χ4v) is 2.36. The average Bonchev–Trinajstić information content (AvgIpc) is 2.28. The first-order valence-corrected chi connectivity index (χ1v) is 6.49. The number of rotatable bonds is 4. The molecule has 0 aromatic heterocycles. The molecule has 0 unspecified atom stereocenters. The van der Waals surface area contributed by atoms with Crippen molar-refractivity contribution in [1.29, 1.82) is 0 Å². The molecule has 0 bridgehead atoms. The third kappa shape index (κ3) is 3.03. The molecule has 1 aliphatic rings. The van der Waals surface area contributed by atoms with E-state index in [1.54, 1.807) is 0 Å². The van der Waals surface area contributed by atoms with Crippen molar-refractivity contribution in [3.05, 3.63) is 29.3 Å². The summed E-state index contributed by atoms with van der Waals surface area (Å²) in [4.78, 5) is 10.6. The minimum atomic E-state index is -0.735. The van der Waals surface area contributed by atoms with Gasteiger partial charge in [-0.2, -0.15) is 0 Å². The largest absolute Gasteiger partial charge is 0.487 e. The van der Waals surface area contributed by atoms with Crippen molar-refractivity contribution in [3.8, 4) is 5.75 Å². The molecule has 0 fully saturated rings. The second-order valence-corrected chi connectivity index (χ2v) is 5.51. The molecule has 0 aliphatic carbocycles. The molecule has 98 valence electrons. The predicted octanol–water partition coefficient (Wildman–Crippen LogP) is 3.20. The summed E-state index contributed by atoms with van der Waals surface area (Å²) >= 11 is 0. The molecule has 1 aliphatic heterocycles. The van der Waals surface area contributed by atoms with Crippen LogP contribution in [-0.2, 0) is 17.6 Å². The van der Waals surface area contributed by atoms with Crippen LogP contribution in [0.15, 0.2) is 18.2 Å². The number of hydrogen-bond acceptors (Lipinski definition) is 2. The molecule has 0 amide bonds. The summed E-state index contributed by atoms with van der Waals surface area (Å²) in [6, 6.07) is 6.18. The standard InChI is InChI=1S/C15H20O3/c1-15(2)10-9-12-6-3-5-11(14(12)18-15)7-4-8-13(16)17/h3,5-6H,4,7-10H2,1-2H3,(H,16,17). The first kappa shape index (κ1) is 12.9. The Morgan fingerprint density at radius 1 is 1.44 bits per heavy atom. The highest BCUT2D eigenvalue weighted by molar-refractivity contribution is 5.66. The third-order valence-electron chi connectivity index (χ3n) is 3.39. The maximum absolute atomic E-state index is 10.6. The Bertz CT molecular complexity index is 449. The molecular weight excluding hydrogens is 228 g/mol. The zero-order valence-electron chi connectivity index (χ0n) is 11.0. The van der Waals surface area contributed by atoms with Gasteiger partial charge in [0.25, 0.3) is 0 Å². The van der Waals surface area contributed by atoms with Gasteiger partial charge in [0.05, 0.1) is 0 Å². The van der Waals surface area contributed by atoms with Gasteiger partial charge in [0.1, 0.15) is 11.4 Å². The number of carboxylic acid groups (broad SMARTS) is 1. The lowest BCUT2D eigenvalue weighted by molar-refractivity contribution is -0.137. The van der Waals surface area contributed by atoms with Crippen LogP contribution in [0.4, 0.5) is 0 Å². The Morgan fingerprint density at radius 2 is 2.22 bits per heavy atom. The fourth-order valence-electron chi connectivity index (χ4n) is 2.36. The van der Waals surface area contributed by atoms with Gasteiger partial charge in [-0.05, 0) is 50.7 Å². The van der Waals surface area contributed by atoms with E-state index < -0.39 is 5.97 Å². The van der Waals surface area contributed by atoms with Crippen LogP contribution in [0.5, 0.6) is 5.75 Å². The van der Waals surface area contributed by atoms with Crippen molar-refractivity contribution < 1.29 is 14.6 Å². The lowest BCUT2D eigenvalue weighted by atomic mass is 9.92. The molecule has 0 radical (unpaired) electrons. The van der Waals surface area contributed by atoms with E-state index in [0.29, 0.717) is 6.42 Å². The molecule has 3 heteroatoms. The number of ether oxygens (including phenoxy) is 1. The van der Waals surface area contributed by atoms with E-state index in [9.17, 15) is 4.79 Å². The summed E-state index contributed by atoms with van der Waals surface area (Å²) in [5.74, 6) is 0.250. The van der Waals surface area contributed by atoms with Crippen molar-refractivity contribution in [3.63, 3.8) is 0 Å². The molecule has 1 aromatic carbocycles. The molecule has 1 N–H and O–H groups in total. The Kier molecular flexibility index (Phi) is 3.60. The van der Waals surface area contributed by atoms with E-state index in [1.807, 2.05) is 12.1 Å². The van der Waals surface area contributed by atoms with Gasteiger partial charge in [-0.25, -0.2) is 0 Å². The lowest BCUT2D eigenvalue weighted by Crippen LogP contribution is -2.33.